The molecular weight excluding hydrogens is 272 g/mol. The number of carbonyl (C=O) groups is 1. The van der Waals surface area contributed by atoms with Gasteiger partial charge in [-0.1, -0.05) is 66.7 Å². The Morgan fingerprint density at radius 2 is 1.59 bits per heavy atom. The van der Waals surface area contributed by atoms with Crippen molar-refractivity contribution in [3.8, 4) is 0 Å². The summed E-state index contributed by atoms with van der Waals surface area (Å²) in [7, 11) is 0. The Bertz CT molecular complexity index is 880. The zero-order valence-corrected chi connectivity index (χ0v) is 12.0. The van der Waals surface area contributed by atoms with E-state index in [0.29, 0.717) is 12.2 Å². The Labute approximate surface area is 128 Å². The van der Waals surface area contributed by atoms with Crippen molar-refractivity contribution in [3.05, 3.63) is 82.9 Å². The average molecular weight is 286 g/mol. The van der Waals surface area contributed by atoms with Gasteiger partial charge in [0.1, 0.15) is 6.61 Å². The summed E-state index contributed by atoms with van der Waals surface area (Å²) in [6, 6.07) is 19.6. The fourth-order valence-electron chi connectivity index (χ4n) is 2.90. The van der Waals surface area contributed by atoms with E-state index in [2.05, 4.69) is 18.2 Å². The van der Waals surface area contributed by atoms with Gasteiger partial charge in [0.25, 0.3) is 0 Å². The normalized spacial score (nSPS) is 11.8. The molecule has 0 aliphatic heterocycles. The van der Waals surface area contributed by atoms with Gasteiger partial charge in [-0.15, -0.1) is 0 Å². The summed E-state index contributed by atoms with van der Waals surface area (Å²) in [5, 5.41) is 2.09. The first-order chi connectivity index (χ1) is 10.8. The molecule has 0 spiro atoms. The van der Waals surface area contributed by atoms with Crippen LogP contribution < -0.4 is 0 Å². The molecule has 0 unspecified atom stereocenters. The van der Waals surface area contributed by atoms with Crippen LogP contribution in [0.3, 0.4) is 0 Å². The van der Waals surface area contributed by atoms with Gasteiger partial charge in [0.2, 0.25) is 0 Å². The van der Waals surface area contributed by atoms with Crippen LogP contribution in [-0.2, 0) is 11.3 Å². The predicted octanol–water partition coefficient (Wildman–Crippen LogP) is 4.68. The summed E-state index contributed by atoms with van der Waals surface area (Å²) in [4.78, 5) is 12.4. The van der Waals surface area contributed by atoms with Crippen LogP contribution in [0.4, 0.5) is 0 Å². The molecule has 1 aliphatic rings. The first kappa shape index (κ1) is 12.8. The molecule has 0 aromatic heterocycles. The number of rotatable bonds is 3. The maximum atomic E-state index is 12.4. The van der Waals surface area contributed by atoms with Gasteiger partial charge >= 0.3 is 5.97 Å². The van der Waals surface area contributed by atoms with Gasteiger partial charge in [-0.2, -0.15) is 0 Å². The second-order valence-electron chi connectivity index (χ2n) is 5.37. The summed E-state index contributed by atoms with van der Waals surface area (Å²) in [5.41, 5.74) is 3.93. The van der Waals surface area contributed by atoms with Crippen LogP contribution in [0.25, 0.3) is 22.9 Å². The second kappa shape index (κ2) is 5.15. The Kier molecular flexibility index (Phi) is 3.01. The molecule has 0 amide bonds. The topological polar surface area (TPSA) is 26.3 Å². The zero-order valence-electron chi connectivity index (χ0n) is 12.0. The third kappa shape index (κ3) is 2.09. The minimum atomic E-state index is -0.278. The molecule has 106 valence electrons. The lowest BCUT2D eigenvalue weighted by molar-refractivity contribution is 0.0475. The Morgan fingerprint density at radius 3 is 2.41 bits per heavy atom. The molecule has 0 radical (unpaired) electrons. The van der Waals surface area contributed by atoms with Gasteiger partial charge in [-0.25, -0.2) is 4.79 Å². The molecular formula is C20H14O2. The molecule has 0 atom stereocenters. The molecule has 2 heteroatoms. The zero-order chi connectivity index (χ0) is 14.9. The van der Waals surface area contributed by atoms with Gasteiger partial charge in [0.15, 0.2) is 0 Å². The van der Waals surface area contributed by atoms with Gasteiger partial charge in [0, 0.05) is 0 Å². The lowest BCUT2D eigenvalue weighted by Crippen LogP contribution is -2.06. The van der Waals surface area contributed by atoms with Crippen molar-refractivity contribution in [2.45, 2.75) is 6.61 Å². The largest absolute Gasteiger partial charge is 0.457 e. The lowest BCUT2D eigenvalue weighted by Gasteiger charge is -2.09. The molecule has 4 rings (SSSR count). The SMILES string of the molecule is O=C(OCc1ccccc1)c1ccc2c3c(cccc13)C=C2. The molecule has 0 saturated carbocycles. The number of hydrogen-bond donors (Lipinski definition) is 0. The van der Waals surface area contributed by atoms with Crippen molar-refractivity contribution in [2.24, 2.45) is 0 Å². The first-order valence-electron chi connectivity index (χ1n) is 7.28. The molecule has 22 heavy (non-hydrogen) atoms. The fourth-order valence-corrected chi connectivity index (χ4v) is 2.90. The van der Waals surface area contributed by atoms with Crippen LogP contribution in [0, 0.1) is 0 Å². The predicted molar refractivity (Wildman–Crippen MR) is 88.4 cm³/mol. The highest BCUT2D eigenvalue weighted by Gasteiger charge is 2.16. The van der Waals surface area contributed by atoms with Crippen molar-refractivity contribution in [2.75, 3.05) is 0 Å². The van der Waals surface area contributed by atoms with E-state index in [0.717, 1.165) is 27.5 Å². The Hall–Kier alpha value is -2.87. The maximum Gasteiger partial charge on any atom is 0.339 e. The molecule has 0 bridgehead atoms. The van der Waals surface area contributed by atoms with E-state index in [4.69, 9.17) is 4.74 Å². The van der Waals surface area contributed by atoms with Crippen molar-refractivity contribution >= 4 is 28.9 Å². The van der Waals surface area contributed by atoms with E-state index < -0.39 is 0 Å². The first-order valence-corrected chi connectivity index (χ1v) is 7.28. The number of carbonyl (C=O) groups excluding carboxylic acids is 1. The lowest BCUT2D eigenvalue weighted by atomic mass is 9.99. The monoisotopic (exact) mass is 286 g/mol. The minimum absolute atomic E-state index is 0.278. The van der Waals surface area contributed by atoms with Crippen molar-refractivity contribution in [1.82, 2.24) is 0 Å². The fraction of sp³-hybridized carbons (Fsp3) is 0.0500. The second-order valence-corrected chi connectivity index (χ2v) is 5.37. The molecule has 2 nitrogen and oxygen atoms in total. The number of ether oxygens (including phenoxy) is 1. The number of esters is 1. The van der Waals surface area contributed by atoms with Crippen LogP contribution >= 0.6 is 0 Å². The van der Waals surface area contributed by atoms with Gasteiger partial charge in [0.05, 0.1) is 5.56 Å². The van der Waals surface area contributed by atoms with Crippen LogP contribution in [0.2, 0.25) is 0 Å². The number of hydrogen-bond acceptors (Lipinski definition) is 2. The van der Waals surface area contributed by atoms with E-state index in [-0.39, 0.29) is 5.97 Å². The standard InChI is InChI=1S/C20H14O2/c21-20(22-13-14-5-2-1-3-6-14)18-12-11-16-10-9-15-7-4-8-17(18)19(15)16/h1-12H,13H2. The van der Waals surface area contributed by atoms with E-state index in [1.165, 1.54) is 0 Å². The number of benzene rings is 3. The van der Waals surface area contributed by atoms with Crippen molar-refractivity contribution in [3.63, 3.8) is 0 Å². The smallest absolute Gasteiger partial charge is 0.339 e. The summed E-state index contributed by atoms with van der Waals surface area (Å²) in [5.74, 6) is -0.278. The highest BCUT2D eigenvalue weighted by Crippen LogP contribution is 2.33. The average Bonchev–Trinajstić information content (AvgIpc) is 2.99. The highest BCUT2D eigenvalue weighted by molar-refractivity contribution is 6.12. The summed E-state index contributed by atoms with van der Waals surface area (Å²) >= 11 is 0. The molecule has 0 saturated heterocycles. The summed E-state index contributed by atoms with van der Waals surface area (Å²) in [6.45, 7) is 0.293. The van der Waals surface area contributed by atoms with E-state index in [9.17, 15) is 4.79 Å². The highest BCUT2D eigenvalue weighted by atomic mass is 16.5. The van der Waals surface area contributed by atoms with Crippen molar-refractivity contribution in [1.29, 1.82) is 0 Å². The molecule has 0 fully saturated rings. The van der Waals surface area contributed by atoms with Crippen LogP contribution in [0.15, 0.2) is 60.7 Å². The van der Waals surface area contributed by atoms with Gasteiger partial charge in [-0.05, 0) is 33.5 Å². The third-order valence-electron chi connectivity index (χ3n) is 3.98. The molecule has 3 aromatic carbocycles. The summed E-state index contributed by atoms with van der Waals surface area (Å²) in [6.07, 6.45) is 4.16. The molecule has 0 heterocycles. The van der Waals surface area contributed by atoms with Crippen LogP contribution in [0.5, 0.6) is 0 Å². The van der Waals surface area contributed by atoms with Crippen LogP contribution in [0.1, 0.15) is 27.0 Å². The Morgan fingerprint density at radius 1 is 0.818 bits per heavy atom. The molecule has 1 aliphatic carbocycles. The van der Waals surface area contributed by atoms with Crippen LogP contribution in [-0.4, -0.2) is 5.97 Å². The minimum Gasteiger partial charge on any atom is -0.457 e. The maximum absolute atomic E-state index is 12.4. The Balaban J connectivity index is 1.66. The summed E-state index contributed by atoms with van der Waals surface area (Å²) < 4.78 is 5.46. The van der Waals surface area contributed by atoms with E-state index in [1.54, 1.807) is 0 Å². The van der Waals surface area contributed by atoms with E-state index in [1.807, 2.05) is 54.6 Å². The van der Waals surface area contributed by atoms with Gasteiger partial charge in [-0.3, -0.25) is 0 Å². The third-order valence-corrected chi connectivity index (χ3v) is 3.98. The molecule has 3 aromatic rings. The van der Waals surface area contributed by atoms with Crippen molar-refractivity contribution < 1.29 is 9.53 Å². The van der Waals surface area contributed by atoms with E-state index >= 15 is 0 Å². The molecule has 0 N–H and O–H groups in total. The van der Waals surface area contributed by atoms with Gasteiger partial charge < -0.3 is 4.74 Å². The quantitative estimate of drug-likeness (QED) is 0.511.